The Hall–Kier alpha value is -0.120. The highest BCUT2D eigenvalue weighted by Crippen LogP contribution is 2.14. The molecule has 0 aromatic rings. The molecule has 0 aliphatic carbocycles. The van der Waals surface area contributed by atoms with E-state index in [1.54, 1.807) is 0 Å². The molecule has 1 aliphatic rings. The maximum absolute atomic E-state index is 5.57. The first-order valence-electron chi connectivity index (χ1n) is 6.65. The summed E-state index contributed by atoms with van der Waals surface area (Å²) in [5.74, 6) is 0. The maximum Gasteiger partial charge on any atom is 0.0588 e. The fraction of sp³-hybridized carbons (Fsp3) is 1.00. The fourth-order valence-electron chi connectivity index (χ4n) is 1.94. The minimum atomic E-state index is 0.248. The van der Waals surface area contributed by atoms with Gasteiger partial charge < -0.3 is 15.4 Å². The third-order valence-corrected chi connectivity index (χ3v) is 2.85. The fourth-order valence-corrected chi connectivity index (χ4v) is 1.94. The van der Waals surface area contributed by atoms with Crippen molar-refractivity contribution in [2.45, 2.75) is 58.1 Å². The zero-order valence-corrected chi connectivity index (χ0v) is 11.1. The Morgan fingerprint density at radius 1 is 1.19 bits per heavy atom. The second-order valence-electron chi connectivity index (χ2n) is 5.70. The van der Waals surface area contributed by atoms with E-state index in [0.717, 1.165) is 26.2 Å². The Labute approximate surface area is 100 Å². The predicted octanol–water partition coefficient (Wildman–Crippen LogP) is 1.92. The second-order valence-corrected chi connectivity index (χ2v) is 5.70. The third-order valence-electron chi connectivity index (χ3n) is 2.85. The smallest absolute Gasteiger partial charge is 0.0588 e. The van der Waals surface area contributed by atoms with E-state index in [1.165, 1.54) is 25.7 Å². The Balaban J connectivity index is 1.81. The van der Waals surface area contributed by atoms with E-state index in [-0.39, 0.29) is 5.54 Å². The number of hydrogen-bond acceptors (Lipinski definition) is 3. The van der Waals surface area contributed by atoms with Crippen LogP contribution in [-0.2, 0) is 4.74 Å². The van der Waals surface area contributed by atoms with Crippen molar-refractivity contribution in [3.05, 3.63) is 0 Å². The average Bonchev–Trinajstić information content (AvgIpc) is 2.67. The van der Waals surface area contributed by atoms with Gasteiger partial charge in [-0.1, -0.05) is 0 Å². The van der Waals surface area contributed by atoms with Crippen LogP contribution in [0.4, 0.5) is 0 Å². The van der Waals surface area contributed by atoms with Gasteiger partial charge in [0.05, 0.1) is 6.10 Å². The number of ether oxygens (including phenoxy) is 1. The van der Waals surface area contributed by atoms with Crippen LogP contribution in [0.5, 0.6) is 0 Å². The Morgan fingerprint density at radius 3 is 2.62 bits per heavy atom. The highest BCUT2D eigenvalue weighted by atomic mass is 16.5. The first-order chi connectivity index (χ1) is 7.58. The van der Waals surface area contributed by atoms with Crippen molar-refractivity contribution in [3.8, 4) is 0 Å². The molecule has 0 aromatic heterocycles. The Bertz CT molecular complexity index is 171. The van der Waals surface area contributed by atoms with Crippen molar-refractivity contribution in [2.24, 2.45) is 0 Å². The van der Waals surface area contributed by atoms with Gasteiger partial charge in [0.15, 0.2) is 0 Å². The van der Waals surface area contributed by atoms with Gasteiger partial charge in [0, 0.05) is 12.1 Å². The molecule has 96 valence electrons. The van der Waals surface area contributed by atoms with E-state index >= 15 is 0 Å². The van der Waals surface area contributed by atoms with Crippen LogP contribution < -0.4 is 10.6 Å². The number of nitrogens with one attached hydrogen (secondary N) is 2. The highest BCUT2D eigenvalue weighted by molar-refractivity contribution is 4.70. The third kappa shape index (κ3) is 7.20. The van der Waals surface area contributed by atoms with Crippen molar-refractivity contribution in [3.63, 3.8) is 0 Å². The summed E-state index contributed by atoms with van der Waals surface area (Å²) in [6.45, 7) is 10.9. The SMILES string of the molecule is CC(C)(C)NCCCNCCC1CCCO1. The highest BCUT2D eigenvalue weighted by Gasteiger charge is 2.14. The van der Waals surface area contributed by atoms with E-state index in [2.05, 4.69) is 31.4 Å². The second kappa shape index (κ2) is 7.25. The molecule has 0 bridgehead atoms. The van der Waals surface area contributed by atoms with Crippen molar-refractivity contribution >= 4 is 0 Å². The minimum absolute atomic E-state index is 0.248. The quantitative estimate of drug-likeness (QED) is 0.653. The molecular formula is C13H28N2O. The Morgan fingerprint density at radius 2 is 2.00 bits per heavy atom. The first-order valence-corrected chi connectivity index (χ1v) is 6.65. The molecule has 1 heterocycles. The van der Waals surface area contributed by atoms with Crippen LogP contribution in [0, 0.1) is 0 Å². The van der Waals surface area contributed by atoms with Crippen molar-refractivity contribution in [1.29, 1.82) is 0 Å². The van der Waals surface area contributed by atoms with Gasteiger partial charge in [-0.15, -0.1) is 0 Å². The topological polar surface area (TPSA) is 33.3 Å². The van der Waals surface area contributed by atoms with Crippen LogP contribution in [0.2, 0.25) is 0 Å². The number of hydrogen-bond donors (Lipinski definition) is 2. The summed E-state index contributed by atoms with van der Waals surface area (Å²) in [4.78, 5) is 0. The van der Waals surface area contributed by atoms with Crippen LogP contribution in [0.1, 0.15) is 46.5 Å². The standard InChI is InChI=1S/C13H28N2O/c1-13(2,3)15-9-5-8-14-10-7-12-6-4-11-16-12/h12,14-15H,4-11H2,1-3H3. The van der Waals surface area contributed by atoms with Gasteiger partial charge >= 0.3 is 0 Å². The lowest BCUT2D eigenvalue weighted by Crippen LogP contribution is -2.37. The summed E-state index contributed by atoms with van der Waals surface area (Å²) < 4.78 is 5.57. The Kier molecular flexibility index (Phi) is 6.32. The van der Waals surface area contributed by atoms with Gasteiger partial charge in [0.25, 0.3) is 0 Å². The molecule has 2 N–H and O–H groups in total. The summed E-state index contributed by atoms with van der Waals surface area (Å²) in [7, 11) is 0. The van der Waals surface area contributed by atoms with E-state index < -0.39 is 0 Å². The summed E-state index contributed by atoms with van der Waals surface area (Å²) in [5.41, 5.74) is 0.248. The van der Waals surface area contributed by atoms with Gasteiger partial charge in [-0.25, -0.2) is 0 Å². The van der Waals surface area contributed by atoms with E-state index in [1.807, 2.05) is 0 Å². The molecule has 3 nitrogen and oxygen atoms in total. The zero-order chi connectivity index (χ0) is 11.9. The molecule has 1 atom stereocenters. The van der Waals surface area contributed by atoms with Gasteiger partial charge in [-0.3, -0.25) is 0 Å². The zero-order valence-electron chi connectivity index (χ0n) is 11.1. The van der Waals surface area contributed by atoms with Crippen molar-refractivity contribution in [2.75, 3.05) is 26.2 Å². The van der Waals surface area contributed by atoms with Gasteiger partial charge in [0.1, 0.15) is 0 Å². The van der Waals surface area contributed by atoms with E-state index in [9.17, 15) is 0 Å². The van der Waals surface area contributed by atoms with Crippen LogP contribution >= 0.6 is 0 Å². The van der Waals surface area contributed by atoms with Crippen molar-refractivity contribution < 1.29 is 4.74 Å². The molecule has 1 unspecified atom stereocenters. The molecule has 0 radical (unpaired) electrons. The summed E-state index contributed by atoms with van der Waals surface area (Å²) in [6.07, 6.45) is 5.41. The van der Waals surface area contributed by atoms with Crippen molar-refractivity contribution in [1.82, 2.24) is 10.6 Å². The molecule has 16 heavy (non-hydrogen) atoms. The van der Waals surface area contributed by atoms with E-state index in [4.69, 9.17) is 4.74 Å². The molecule has 1 aliphatic heterocycles. The lowest BCUT2D eigenvalue weighted by molar-refractivity contribution is 0.104. The minimum Gasteiger partial charge on any atom is -0.378 e. The van der Waals surface area contributed by atoms with Gasteiger partial charge in [-0.2, -0.15) is 0 Å². The lowest BCUT2D eigenvalue weighted by atomic mass is 10.1. The molecule has 1 saturated heterocycles. The number of rotatable bonds is 7. The molecular weight excluding hydrogens is 200 g/mol. The summed E-state index contributed by atoms with van der Waals surface area (Å²) in [6, 6.07) is 0. The normalized spacial score (nSPS) is 21.6. The molecule has 0 spiro atoms. The van der Waals surface area contributed by atoms with Crippen LogP contribution in [0.25, 0.3) is 0 Å². The molecule has 3 heteroatoms. The molecule has 0 aromatic carbocycles. The van der Waals surface area contributed by atoms with Crippen LogP contribution in [-0.4, -0.2) is 37.9 Å². The van der Waals surface area contributed by atoms with E-state index in [0.29, 0.717) is 6.10 Å². The monoisotopic (exact) mass is 228 g/mol. The predicted molar refractivity (Wildman–Crippen MR) is 68.8 cm³/mol. The summed E-state index contributed by atoms with van der Waals surface area (Å²) >= 11 is 0. The van der Waals surface area contributed by atoms with Crippen LogP contribution in [0.15, 0.2) is 0 Å². The average molecular weight is 228 g/mol. The molecule has 0 amide bonds. The van der Waals surface area contributed by atoms with Gasteiger partial charge in [-0.05, 0) is 66.1 Å². The maximum atomic E-state index is 5.57. The first kappa shape index (κ1) is 13.9. The lowest BCUT2D eigenvalue weighted by Gasteiger charge is -2.20. The largest absolute Gasteiger partial charge is 0.378 e. The molecule has 1 rings (SSSR count). The molecule has 1 fully saturated rings. The van der Waals surface area contributed by atoms with Gasteiger partial charge in [0.2, 0.25) is 0 Å². The summed E-state index contributed by atoms with van der Waals surface area (Å²) in [5, 5.41) is 6.97. The van der Waals surface area contributed by atoms with Crippen LogP contribution in [0.3, 0.4) is 0 Å². The molecule has 0 saturated carbocycles.